The van der Waals surface area contributed by atoms with Gasteiger partial charge in [-0.2, -0.15) is 13.2 Å². The summed E-state index contributed by atoms with van der Waals surface area (Å²) in [5.74, 6) is -0.528. The molecule has 0 fully saturated rings. The van der Waals surface area contributed by atoms with Gasteiger partial charge in [-0.3, -0.25) is 14.5 Å². The monoisotopic (exact) mass is 459 g/mol. The quantitative estimate of drug-likeness (QED) is 0.493. The molecule has 0 unspecified atom stereocenters. The third-order valence-corrected chi connectivity index (χ3v) is 5.27. The van der Waals surface area contributed by atoms with Gasteiger partial charge in [-0.1, -0.05) is 30.3 Å². The van der Waals surface area contributed by atoms with Crippen molar-refractivity contribution >= 4 is 40.0 Å². The van der Waals surface area contributed by atoms with Gasteiger partial charge >= 0.3 is 6.18 Å². The van der Waals surface area contributed by atoms with Gasteiger partial charge in [0, 0.05) is 24.9 Å². The van der Waals surface area contributed by atoms with E-state index >= 15 is 0 Å². The van der Waals surface area contributed by atoms with Crippen molar-refractivity contribution < 1.29 is 22.8 Å². The van der Waals surface area contributed by atoms with E-state index in [0.29, 0.717) is 28.5 Å². The number of hydrogen-bond acceptors (Lipinski definition) is 4. The number of halogens is 3. The molecule has 1 aromatic heterocycles. The number of amides is 2. The molecule has 0 radical (unpaired) electrons. The highest BCUT2D eigenvalue weighted by Crippen LogP contribution is 2.30. The lowest BCUT2D eigenvalue weighted by Crippen LogP contribution is -2.23. The van der Waals surface area contributed by atoms with Gasteiger partial charge in [0.15, 0.2) is 5.13 Å². The normalized spacial score (nSPS) is 11.5. The zero-order valence-corrected chi connectivity index (χ0v) is 17.9. The van der Waals surface area contributed by atoms with Crippen LogP contribution in [-0.4, -0.2) is 23.3 Å². The Morgan fingerprint density at radius 2 is 1.78 bits per heavy atom. The molecule has 9 heteroatoms. The van der Waals surface area contributed by atoms with Crippen LogP contribution in [0.2, 0.25) is 0 Å². The van der Waals surface area contributed by atoms with E-state index in [9.17, 15) is 22.8 Å². The predicted octanol–water partition coefficient (Wildman–Crippen LogP) is 5.22. The van der Waals surface area contributed by atoms with Crippen LogP contribution in [0, 0.1) is 0 Å². The summed E-state index contributed by atoms with van der Waals surface area (Å²) in [6, 6.07) is 14.0. The minimum absolute atomic E-state index is 0.179. The van der Waals surface area contributed by atoms with E-state index in [1.165, 1.54) is 47.4 Å². The van der Waals surface area contributed by atoms with E-state index in [-0.39, 0.29) is 18.4 Å². The lowest BCUT2D eigenvalue weighted by molar-refractivity contribution is -0.137. The molecule has 0 aliphatic heterocycles. The molecule has 0 aliphatic rings. The molecular formula is C23H20F3N3O2S. The van der Waals surface area contributed by atoms with Crippen molar-refractivity contribution in [3.8, 4) is 0 Å². The molecule has 0 atom stereocenters. The molecule has 2 amide bonds. The number of nitrogens with zero attached hydrogens (tertiary/aromatic N) is 2. The maximum absolute atomic E-state index is 12.6. The predicted molar refractivity (Wildman–Crippen MR) is 119 cm³/mol. The number of para-hydroxylation sites is 1. The van der Waals surface area contributed by atoms with Gasteiger partial charge < -0.3 is 5.32 Å². The number of carbonyl (C=O) groups excluding carboxylic acids is 2. The highest BCUT2D eigenvalue weighted by atomic mass is 32.1. The molecule has 0 saturated heterocycles. The van der Waals surface area contributed by atoms with Gasteiger partial charge in [-0.15, -0.1) is 11.3 Å². The molecule has 3 aromatic rings. The van der Waals surface area contributed by atoms with Crippen LogP contribution in [0.5, 0.6) is 0 Å². The number of hydrogen-bond donors (Lipinski definition) is 1. The number of anilines is 2. The number of benzene rings is 2. The summed E-state index contributed by atoms with van der Waals surface area (Å²) in [5.41, 5.74) is 1.22. The van der Waals surface area contributed by atoms with Gasteiger partial charge in [0.05, 0.1) is 16.9 Å². The molecule has 3 rings (SSSR count). The lowest BCUT2D eigenvalue weighted by atomic mass is 10.1. The second kappa shape index (κ2) is 10.2. The summed E-state index contributed by atoms with van der Waals surface area (Å²) >= 11 is 1.28. The fourth-order valence-electron chi connectivity index (χ4n) is 2.87. The first-order chi connectivity index (χ1) is 15.2. The van der Waals surface area contributed by atoms with Crippen LogP contribution in [0.1, 0.15) is 23.7 Å². The number of aromatic nitrogens is 1. The molecule has 166 valence electrons. The van der Waals surface area contributed by atoms with E-state index < -0.39 is 11.7 Å². The van der Waals surface area contributed by atoms with Crippen LogP contribution in [0.3, 0.4) is 0 Å². The Kier molecular flexibility index (Phi) is 7.42. The van der Waals surface area contributed by atoms with Crippen molar-refractivity contribution in [2.75, 3.05) is 11.4 Å². The Morgan fingerprint density at radius 1 is 1.09 bits per heavy atom. The number of thiazole rings is 1. The summed E-state index contributed by atoms with van der Waals surface area (Å²) < 4.78 is 37.8. The summed E-state index contributed by atoms with van der Waals surface area (Å²) in [7, 11) is 0. The minimum Gasteiger partial charge on any atom is -0.352 e. The molecule has 2 aromatic carbocycles. The summed E-state index contributed by atoms with van der Waals surface area (Å²) in [6.45, 7) is 1.73. The van der Waals surface area contributed by atoms with E-state index in [0.717, 1.165) is 12.1 Å². The minimum atomic E-state index is -4.37. The second-order valence-corrected chi connectivity index (χ2v) is 7.65. The van der Waals surface area contributed by atoms with Gasteiger partial charge in [-0.05, 0) is 42.3 Å². The third kappa shape index (κ3) is 6.27. The molecule has 0 bridgehead atoms. The highest BCUT2D eigenvalue weighted by Gasteiger charge is 2.29. The molecule has 5 nitrogen and oxygen atoms in total. The molecule has 32 heavy (non-hydrogen) atoms. The first-order valence-electron chi connectivity index (χ1n) is 9.67. The number of rotatable bonds is 7. The van der Waals surface area contributed by atoms with Crippen molar-refractivity contribution in [3.05, 3.63) is 82.9 Å². The molecule has 0 aliphatic carbocycles. The Hall–Kier alpha value is -3.46. The number of nitrogens with one attached hydrogen (secondary N) is 1. The summed E-state index contributed by atoms with van der Waals surface area (Å²) in [4.78, 5) is 30.0. The Labute approximate surface area is 187 Å². The van der Waals surface area contributed by atoms with Crippen molar-refractivity contribution in [1.29, 1.82) is 0 Å². The number of alkyl halides is 3. The van der Waals surface area contributed by atoms with Crippen LogP contribution in [0.15, 0.2) is 66.1 Å². The van der Waals surface area contributed by atoms with Gasteiger partial charge in [0.2, 0.25) is 11.8 Å². The Bertz CT molecular complexity index is 1090. The standard InChI is InChI=1S/C23H20F3N3O2S/c1-16(30)29(20-5-3-2-4-6-20)22-28-19(15-32-22)11-12-21(31)27-14-13-17-7-9-18(10-8-17)23(24,25)26/h2-12,15H,13-14H2,1H3,(H,27,31)/b12-11+. The molecule has 0 spiro atoms. The maximum Gasteiger partial charge on any atom is 0.416 e. The van der Waals surface area contributed by atoms with Crippen molar-refractivity contribution in [2.24, 2.45) is 0 Å². The van der Waals surface area contributed by atoms with Crippen LogP contribution in [0.4, 0.5) is 24.0 Å². The zero-order valence-electron chi connectivity index (χ0n) is 17.1. The molecule has 1 heterocycles. The second-order valence-electron chi connectivity index (χ2n) is 6.81. The Balaban J connectivity index is 1.54. The van der Waals surface area contributed by atoms with Crippen molar-refractivity contribution in [2.45, 2.75) is 19.5 Å². The average molecular weight is 459 g/mol. The van der Waals surface area contributed by atoms with Crippen LogP contribution >= 0.6 is 11.3 Å². The van der Waals surface area contributed by atoms with Gasteiger partial charge in [0.25, 0.3) is 0 Å². The van der Waals surface area contributed by atoms with E-state index in [2.05, 4.69) is 10.3 Å². The van der Waals surface area contributed by atoms with E-state index in [1.54, 1.807) is 5.38 Å². The van der Waals surface area contributed by atoms with E-state index in [1.807, 2.05) is 30.3 Å². The smallest absolute Gasteiger partial charge is 0.352 e. The molecule has 0 saturated carbocycles. The third-order valence-electron chi connectivity index (χ3n) is 4.43. The largest absolute Gasteiger partial charge is 0.416 e. The average Bonchev–Trinajstić information content (AvgIpc) is 3.21. The van der Waals surface area contributed by atoms with Crippen LogP contribution in [0.25, 0.3) is 6.08 Å². The zero-order chi connectivity index (χ0) is 23.1. The fourth-order valence-corrected chi connectivity index (χ4v) is 3.72. The summed E-state index contributed by atoms with van der Waals surface area (Å²) in [5, 5.41) is 4.91. The first-order valence-corrected chi connectivity index (χ1v) is 10.6. The van der Waals surface area contributed by atoms with Crippen molar-refractivity contribution in [3.63, 3.8) is 0 Å². The fraction of sp³-hybridized carbons (Fsp3) is 0.174. The Morgan fingerprint density at radius 3 is 2.41 bits per heavy atom. The molecular weight excluding hydrogens is 439 g/mol. The van der Waals surface area contributed by atoms with Crippen LogP contribution in [-0.2, 0) is 22.2 Å². The number of carbonyl (C=O) groups is 2. The first kappa shape index (κ1) is 23.2. The highest BCUT2D eigenvalue weighted by molar-refractivity contribution is 7.14. The van der Waals surface area contributed by atoms with Crippen molar-refractivity contribution in [1.82, 2.24) is 10.3 Å². The van der Waals surface area contributed by atoms with Crippen LogP contribution < -0.4 is 10.2 Å². The summed E-state index contributed by atoms with van der Waals surface area (Å²) in [6.07, 6.45) is -1.10. The maximum atomic E-state index is 12.6. The molecule has 1 N–H and O–H groups in total. The SMILES string of the molecule is CC(=O)N(c1ccccc1)c1nc(/C=C/C(=O)NCCc2ccc(C(F)(F)F)cc2)cs1. The van der Waals surface area contributed by atoms with Gasteiger partial charge in [-0.25, -0.2) is 4.98 Å². The lowest BCUT2D eigenvalue weighted by Gasteiger charge is -2.17. The topological polar surface area (TPSA) is 62.3 Å². The van der Waals surface area contributed by atoms with Gasteiger partial charge in [0.1, 0.15) is 0 Å². The van der Waals surface area contributed by atoms with E-state index in [4.69, 9.17) is 0 Å².